The number of rotatable bonds is 5. The molecule has 0 amide bonds. The van der Waals surface area contributed by atoms with Crippen molar-refractivity contribution in [1.29, 1.82) is 0 Å². The third-order valence-corrected chi connectivity index (χ3v) is 6.39. The molecule has 0 aliphatic heterocycles. The Bertz CT molecular complexity index is 622. The summed E-state index contributed by atoms with van der Waals surface area (Å²) in [6, 6.07) is 0. The van der Waals surface area contributed by atoms with Crippen LogP contribution in [0.1, 0.15) is 44.9 Å². The highest BCUT2D eigenvalue weighted by molar-refractivity contribution is 6.32. The zero-order chi connectivity index (χ0) is 16.0. The summed E-state index contributed by atoms with van der Waals surface area (Å²) in [5.41, 5.74) is 0.313. The van der Waals surface area contributed by atoms with Gasteiger partial charge in [0.1, 0.15) is 5.02 Å². The summed E-state index contributed by atoms with van der Waals surface area (Å²) in [6.45, 7) is 0.696. The summed E-state index contributed by atoms with van der Waals surface area (Å²) in [5, 5.41) is 16.7. The molecule has 5 nitrogen and oxygen atoms in total. The fourth-order valence-electron chi connectivity index (χ4n) is 5.52. The maximum absolute atomic E-state index is 12.8. The second-order valence-electron chi connectivity index (χ2n) is 7.74. The molecular formula is C17H24ClN3O2. The monoisotopic (exact) mass is 337 g/mol. The molecule has 0 unspecified atom stereocenters. The highest BCUT2D eigenvalue weighted by atomic mass is 35.5. The van der Waals surface area contributed by atoms with E-state index < -0.39 is 0 Å². The van der Waals surface area contributed by atoms with E-state index in [2.05, 4.69) is 10.4 Å². The number of halogens is 1. The van der Waals surface area contributed by atoms with Gasteiger partial charge in [-0.05, 0) is 62.7 Å². The average Bonchev–Trinajstić information content (AvgIpc) is 2.50. The van der Waals surface area contributed by atoms with Crippen LogP contribution in [0.4, 0.5) is 5.69 Å². The van der Waals surface area contributed by atoms with Gasteiger partial charge in [-0.1, -0.05) is 11.6 Å². The fraction of sp³-hybridized carbons (Fsp3) is 0.765. The van der Waals surface area contributed by atoms with E-state index in [0.717, 1.165) is 37.0 Å². The Morgan fingerprint density at radius 2 is 1.87 bits per heavy atom. The molecule has 4 bridgehead atoms. The average molecular weight is 338 g/mol. The van der Waals surface area contributed by atoms with Gasteiger partial charge in [0.25, 0.3) is 5.56 Å². The van der Waals surface area contributed by atoms with Crippen molar-refractivity contribution in [2.75, 3.05) is 18.5 Å². The number of nitrogens with one attached hydrogen (secondary N) is 1. The van der Waals surface area contributed by atoms with E-state index in [4.69, 9.17) is 16.7 Å². The summed E-state index contributed by atoms with van der Waals surface area (Å²) in [5.74, 6) is 2.28. The molecule has 6 heteroatoms. The third kappa shape index (κ3) is 2.58. The fourth-order valence-corrected chi connectivity index (χ4v) is 5.72. The molecule has 0 radical (unpaired) electrons. The van der Waals surface area contributed by atoms with E-state index >= 15 is 0 Å². The maximum Gasteiger partial charge on any atom is 0.288 e. The number of aliphatic hydroxyl groups is 1. The number of aromatic nitrogens is 2. The van der Waals surface area contributed by atoms with Crippen LogP contribution in [0.3, 0.4) is 0 Å². The number of nitrogens with zero attached hydrogens (tertiary/aromatic N) is 2. The molecule has 0 spiro atoms. The predicted molar refractivity (Wildman–Crippen MR) is 89.8 cm³/mol. The minimum atomic E-state index is -0.164. The molecule has 4 saturated carbocycles. The lowest BCUT2D eigenvalue weighted by Crippen LogP contribution is -2.55. The second kappa shape index (κ2) is 5.78. The maximum atomic E-state index is 12.8. The van der Waals surface area contributed by atoms with Crippen LogP contribution < -0.4 is 10.9 Å². The Kier molecular flexibility index (Phi) is 3.88. The molecule has 0 saturated heterocycles. The van der Waals surface area contributed by atoms with Gasteiger partial charge in [-0.25, -0.2) is 4.68 Å². The van der Waals surface area contributed by atoms with Gasteiger partial charge in [-0.15, -0.1) is 0 Å². The lowest BCUT2D eigenvalue weighted by molar-refractivity contribution is -0.0518. The summed E-state index contributed by atoms with van der Waals surface area (Å²) in [7, 11) is 0. The third-order valence-electron chi connectivity index (χ3n) is 6.02. The predicted octanol–water partition coefficient (Wildman–Crippen LogP) is 2.62. The lowest BCUT2D eigenvalue weighted by Gasteiger charge is -2.56. The van der Waals surface area contributed by atoms with Gasteiger partial charge in [0.05, 0.1) is 17.4 Å². The zero-order valence-corrected chi connectivity index (χ0v) is 14.1. The Labute approximate surface area is 141 Å². The topological polar surface area (TPSA) is 67.2 Å². The van der Waals surface area contributed by atoms with Crippen LogP contribution in [0.5, 0.6) is 0 Å². The first-order chi connectivity index (χ1) is 11.1. The number of anilines is 1. The van der Waals surface area contributed by atoms with E-state index in [1.807, 2.05) is 0 Å². The summed E-state index contributed by atoms with van der Waals surface area (Å²) in [4.78, 5) is 12.8. The van der Waals surface area contributed by atoms with Gasteiger partial charge in [-0.2, -0.15) is 5.10 Å². The molecule has 5 rings (SSSR count). The highest BCUT2D eigenvalue weighted by Gasteiger charge is 2.53. The van der Waals surface area contributed by atoms with Crippen molar-refractivity contribution in [1.82, 2.24) is 9.78 Å². The van der Waals surface area contributed by atoms with E-state index in [1.165, 1.54) is 19.3 Å². The molecule has 4 fully saturated rings. The van der Waals surface area contributed by atoms with Crippen LogP contribution in [0.25, 0.3) is 0 Å². The zero-order valence-electron chi connectivity index (χ0n) is 13.3. The molecule has 23 heavy (non-hydrogen) atoms. The Balaban J connectivity index is 1.65. The number of hydrogen-bond donors (Lipinski definition) is 2. The van der Waals surface area contributed by atoms with Crippen LogP contribution in [-0.4, -0.2) is 28.0 Å². The molecular weight excluding hydrogens is 314 g/mol. The van der Waals surface area contributed by atoms with E-state index in [1.54, 1.807) is 10.9 Å². The van der Waals surface area contributed by atoms with E-state index in [-0.39, 0.29) is 22.7 Å². The van der Waals surface area contributed by atoms with Crippen LogP contribution >= 0.6 is 11.6 Å². The highest BCUT2D eigenvalue weighted by Crippen LogP contribution is 2.58. The first-order valence-electron chi connectivity index (χ1n) is 8.74. The van der Waals surface area contributed by atoms with Gasteiger partial charge in [0.2, 0.25) is 0 Å². The van der Waals surface area contributed by atoms with Gasteiger partial charge in [0, 0.05) is 13.2 Å². The van der Waals surface area contributed by atoms with Crippen molar-refractivity contribution in [2.45, 2.75) is 50.5 Å². The van der Waals surface area contributed by atoms with Crippen molar-refractivity contribution in [3.05, 3.63) is 21.6 Å². The minimum Gasteiger partial charge on any atom is -0.396 e. The Morgan fingerprint density at radius 1 is 1.26 bits per heavy atom. The summed E-state index contributed by atoms with van der Waals surface area (Å²) in [6.07, 6.45) is 9.56. The quantitative estimate of drug-likeness (QED) is 0.810. The molecule has 4 aliphatic carbocycles. The van der Waals surface area contributed by atoms with Crippen LogP contribution in [0, 0.1) is 17.8 Å². The first-order valence-corrected chi connectivity index (χ1v) is 9.12. The smallest absolute Gasteiger partial charge is 0.288 e. The van der Waals surface area contributed by atoms with Crippen molar-refractivity contribution in [3.8, 4) is 0 Å². The molecule has 4 aliphatic rings. The van der Waals surface area contributed by atoms with Gasteiger partial charge in [0.15, 0.2) is 0 Å². The largest absolute Gasteiger partial charge is 0.396 e. The number of hydrogen-bond acceptors (Lipinski definition) is 4. The molecule has 126 valence electrons. The SMILES string of the molecule is O=c1c(Cl)c(NCCCO)cnn1C12CC3CC(CC(C3)C1)C2. The summed E-state index contributed by atoms with van der Waals surface area (Å²) < 4.78 is 1.71. The first kappa shape index (κ1) is 15.5. The molecule has 2 N–H and O–H groups in total. The molecule has 1 aromatic rings. The van der Waals surface area contributed by atoms with Gasteiger partial charge in [-0.3, -0.25) is 4.79 Å². The molecule has 0 atom stereocenters. The standard InChI is InChI=1S/C17H24ClN3O2/c18-15-14(19-2-1-3-22)10-20-21(16(15)23)17-7-11-4-12(8-17)6-13(5-11)9-17/h10-13,19,22H,1-9H2. The van der Waals surface area contributed by atoms with Crippen molar-refractivity contribution >= 4 is 17.3 Å². The van der Waals surface area contributed by atoms with Crippen LogP contribution in [0.2, 0.25) is 5.02 Å². The normalized spacial score (nSPS) is 34.8. The molecule has 1 aromatic heterocycles. The van der Waals surface area contributed by atoms with Gasteiger partial charge < -0.3 is 10.4 Å². The molecule has 0 aromatic carbocycles. The van der Waals surface area contributed by atoms with Crippen molar-refractivity contribution in [2.24, 2.45) is 17.8 Å². The van der Waals surface area contributed by atoms with Gasteiger partial charge >= 0.3 is 0 Å². The van der Waals surface area contributed by atoms with Crippen molar-refractivity contribution < 1.29 is 5.11 Å². The van der Waals surface area contributed by atoms with E-state index in [0.29, 0.717) is 18.7 Å². The number of aliphatic hydroxyl groups excluding tert-OH is 1. The van der Waals surface area contributed by atoms with Crippen LogP contribution in [0.15, 0.2) is 11.0 Å². The summed E-state index contributed by atoms with van der Waals surface area (Å²) >= 11 is 6.32. The lowest BCUT2D eigenvalue weighted by atomic mass is 9.53. The van der Waals surface area contributed by atoms with E-state index in [9.17, 15) is 4.79 Å². The minimum absolute atomic E-state index is 0.0981. The van der Waals surface area contributed by atoms with Crippen LogP contribution in [-0.2, 0) is 5.54 Å². The second-order valence-corrected chi connectivity index (χ2v) is 8.11. The Morgan fingerprint density at radius 3 is 2.43 bits per heavy atom. The van der Waals surface area contributed by atoms with Crippen molar-refractivity contribution in [3.63, 3.8) is 0 Å². The molecule has 1 heterocycles. The Hall–Kier alpha value is -1.07.